The van der Waals surface area contributed by atoms with Crippen LogP contribution in [0.5, 0.6) is 0 Å². The van der Waals surface area contributed by atoms with E-state index in [1.807, 2.05) is 0 Å². The van der Waals surface area contributed by atoms with Gasteiger partial charge in [-0.1, -0.05) is 47.0 Å². The number of nitrogens with one attached hydrogen (secondary N) is 1. The molecule has 2 heteroatoms. The lowest BCUT2D eigenvalue weighted by atomic mass is 9.83. The van der Waals surface area contributed by atoms with E-state index >= 15 is 0 Å². The van der Waals surface area contributed by atoms with E-state index in [1.165, 1.54) is 58.0 Å². The van der Waals surface area contributed by atoms with Gasteiger partial charge in [0, 0.05) is 30.7 Å². The Bertz CT molecular complexity index is 264. The summed E-state index contributed by atoms with van der Waals surface area (Å²) < 4.78 is 0. The molecule has 2 aliphatic rings. The number of rotatable bonds is 4. The fraction of sp³-hybridized carbons (Fsp3) is 1.00. The molecule has 2 fully saturated rings. The normalized spacial score (nSPS) is 29.8. The second kappa shape index (κ2) is 6.58. The first-order valence-electron chi connectivity index (χ1n) is 8.62. The zero-order chi connectivity index (χ0) is 13.9. The minimum absolute atomic E-state index is 0.378. The van der Waals surface area contributed by atoms with Crippen LogP contribution in [0.25, 0.3) is 0 Å². The molecule has 1 aliphatic carbocycles. The second-order valence-corrected chi connectivity index (χ2v) is 7.14. The zero-order valence-electron chi connectivity index (χ0n) is 13.5. The molecule has 0 radical (unpaired) electrons. The average molecular weight is 266 g/mol. The topological polar surface area (TPSA) is 15.3 Å². The van der Waals surface area contributed by atoms with Crippen molar-refractivity contribution in [1.82, 2.24) is 10.2 Å². The number of piperazine rings is 1. The first-order valence-corrected chi connectivity index (χ1v) is 8.62. The third kappa shape index (κ3) is 3.33. The zero-order valence-corrected chi connectivity index (χ0v) is 13.5. The summed E-state index contributed by atoms with van der Waals surface area (Å²) in [5.41, 5.74) is 0.378. The van der Waals surface area contributed by atoms with Crippen LogP contribution in [-0.4, -0.2) is 35.6 Å². The molecule has 1 atom stereocenters. The van der Waals surface area contributed by atoms with Crippen LogP contribution in [0.1, 0.15) is 72.6 Å². The van der Waals surface area contributed by atoms with Crippen LogP contribution in [0.15, 0.2) is 0 Å². The Morgan fingerprint density at radius 3 is 2.26 bits per heavy atom. The largest absolute Gasteiger partial charge is 0.308 e. The molecule has 19 heavy (non-hydrogen) atoms. The molecule has 0 aromatic carbocycles. The van der Waals surface area contributed by atoms with Crippen molar-refractivity contribution in [2.45, 2.75) is 90.3 Å². The van der Waals surface area contributed by atoms with Crippen molar-refractivity contribution in [3.63, 3.8) is 0 Å². The molecule has 2 nitrogen and oxygen atoms in total. The molecule has 1 aliphatic heterocycles. The Kier molecular flexibility index (Phi) is 5.30. The number of hydrogen-bond acceptors (Lipinski definition) is 2. The van der Waals surface area contributed by atoms with Crippen molar-refractivity contribution in [2.24, 2.45) is 5.92 Å². The summed E-state index contributed by atoms with van der Waals surface area (Å²) >= 11 is 0. The fourth-order valence-corrected chi connectivity index (χ4v) is 4.12. The predicted octanol–water partition coefficient (Wildman–Crippen LogP) is 3.81. The van der Waals surface area contributed by atoms with Crippen molar-refractivity contribution in [1.29, 1.82) is 0 Å². The van der Waals surface area contributed by atoms with Gasteiger partial charge in [0.15, 0.2) is 0 Å². The highest BCUT2D eigenvalue weighted by Gasteiger charge is 2.40. The standard InChI is InChI=1S/C17H34N2/c1-5-17(6-2)13-19(15-10-8-7-9-11-15)16(12-18-17)14(3)4/h14-16,18H,5-13H2,1-4H3. The highest BCUT2D eigenvalue weighted by molar-refractivity contribution is 4.99. The molecule has 0 amide bonds. The highest BCUT2D eigenvalue weighted by Crippen LogP contribution is 2.32. The maximum Gasteiger partial charge on any atom is 0.0304 e. The van der Waals surface area contributed by atoms with Crippen molar-refractivity contribution in [3.8, 4) is 0 Å². The Hall–Kier alpha value is -0.0800. The van der Waals surface area contributed by atoms with Crippen molar-refractivity contribution in [3.05, 3.63) is 0 Å². The molecule has 1 heterocycles. The minimum Gasteiger partial charge on any atom is -0.308 e. The van der Waals surface area contributed by atoms with E-state index in [2.05, 4.69) is 37.9 Å². The molecular formula is C17H34N2. The van der Waals surface area contributed by atoms with Crippen LogP contribution in [0.2, 0.25) is 0 Å². The van der Waals surface area contributed by atoms with Gasteiger partial charge >= 0.3 is 0 Å². The monoisotopic (exact) mass is 266 g/mol. The van der Waals surface area contributed by atoms with Gasteiger partial charge in [0.25, 0.3) is 0 Å². The van der Waals surface area contributed by atoms with Crippen molar-refractivity contribution in [2.75, 3.05) is 13.1 Å². The van der Waals surface area contributed by atoms with Gasteiger partial charge in [-0.05, 0) is 31.6 Å². The van der Waals surface area contributed by atoms with Crippen LogP contribution >= 0.6 is 0 Å². The van der Waals surface area contributed by atoms with Crippen molar-refractivity contribution < 1.29 is 0 Å². The predicted molar refractivity (Wildman–Crippen MR) is 83.5 cm³/mol. The van der Waals surface area contributed by atoms with E-state index < -0.39 is 0 Å². The number of hydrogen-bond donors (Lipinski definition) is 1. The highest BCUT2D eigenvalue weighted by atomic mass is 15.3. The van der Waals surface area contributed by atoms with Gasteiger partial charge in [-0.25, -0.2) is 0 Å². The molecule has 0 spiro atoms. The van der Waals surface area contributed by atoms with E-state index in [4.69, 9.17) is 0 Å². The third-order valence-electron chi connectivity index (χ3n) is 5.76. The van der Waals surface area contributed by atoms with E-state index in [-0.39, 0.29) is 0 Å². The lowest BCUT2D eigenvalue weighted by molar-refractivity contribution is 0.00478. The lowest BCUT2D eigenvalue weighted by Crippen LogP contribution is -2.67. The first kappa shape index (κ1) is 15.3. The van der Waals surface area contributed by atoms with Gasteiger partial charge < -0.3 is 5.32 Å². The Labute approximate surface area is 120 Å². The molecule has 0 aromatic heterocycles. The molecule has 1 saturated carbocycles. The first-order chi connectivity index (χ1) is 9.12. The summed E-state index contributed by atoms with van der Waals surface area (Å²) in [6.45, 7) is 12.0. The average Bonchev–Trinajstić information content (AvgIpc) is 2.47. The molecule has 1 saturated heterocycles. The lowest BCUT2D eigenvalue weighted by Gasteiger charge is -2.52. The Morgan fingerprint density at radius 2 is 1.74 bits per heavy atom. The molecule has 1 unspecified atom stereocenters. The van der Waals surface area contributed by atoms with Gasteiger partial charge in [0.1, 0.15) is 0 Å². The molecule has 1 N–H and O–H groups in total. The SMILES string of the molecule is CCC1(CC)CN(C2CCCCC2)C(C(C)C)CN1. The summed E-state index contributed by atoms with van der Waals surface area (Å²) in [5.74, 6) is 0.765. The maximum atomic E-state index is 3.89. The van der Waals surface area contributed by atoms with Gasteiger partial charge in [-0.3, -0.25) is 4.90 Å². The summed E-state index contributed by atoms with van der Waals surface area (Å²) in [5, 5.41) is 3.89. The molecular weight excluding hydrogens is 232 g/mol. The van der Waals surface area contributed by atoms with E-state index in [1.54, 1.807) is 0 Å². The summed E-state index contributed by atoms with van der Waals surface area (Å²) in [6, 6.07) is 1.61. The summed E-state index contributed by atoms with van der Waals surface area (Å²) in [6.07, 6.45) is 9.76. The van der Waals surface area contributed by atoms with Gasteiger partial charge in [0.05, 0.1) is 0 Å². The Balaban J connectivity index is 2.11. The smallest absolute Gasteiger partial charge is 0.0304 e. The molecule has 0 aromatic rings. The van der Waals surface area contributed by atoms with Crippen LogP contribution in [0.4, 0.5) is 0 Å². The van der Waals surface area contributed by atoms with Gasteiger partial charge in [-0.15, -0.1) is 0 Å². The van der Waals surface area contributed by atoms with E-state index in [0.717, 1.165) is 18.0 Å². The Morgan fingerprint density at radius 1 is 1.11 bits per heavy atom. The van der Waals surface area contributed by atoms with E-state index in [9.17, 15) is 0 Å². The number of nitrogens with zero attached hydrogens (tertiary/aromatic N) is 1. The minimum atomic E-state index is 0.378. The molecule has 0 bridgehead atoms. The summed E-state index contributed by atoms with van der Waals surface area (Å²) in [7, 11) is 0. The third-order valence-corrected chi connectivity index (χ3v) is 5.76. The van der Waals surface area contributed by atoms with Gasteiger partial charge in [-0.2, -0.15) is 0 Å². The quantitative estimate of drug-likeness (QED) is 0.832. The molecule has 112 valence electrons. The van der Waals surface area contributed by atoms with Crippen LogP contribution in [0.3, 0.4) is 0 Å². The fourth-order valence-electron chi connectivity index (χ4n) is 4.12. The second-order valence-electron chi connectivity index (χ2n) is 7.14. The maximum absolute atomic E-state index is 3.89. The van der Waals surface area contributed by atoms with Crippen LogP contribution < -0.4 is 5.32 Å². The van der Waals surface area contributed by atoms with Crippen LogP contribution in [0, 0.1) is 5.92 Å². The van der Waals surface area contributed by atoms with Gasteiger partial charge in [0.2, 0.25) is 0 Å². The van der Waals surface area contributed by atoms with E-state index in [0.29, 0.717) is 5.54 Å². The van der Waals surface area contributed by atoms with Crippen molar-refractivity contribution >= 4 is 0 Å². The molecule has 2 rings (SSSR count). The van der Waals surface area contributed by atoms with Crippen LogP contribution in [-0.2, 0) is 0 Å². The summed E-state index contributed by atoms with van der Waals surface area (Å²) in [4.78, 5) is 2.90.